The molecule has 0 N–H and O–H groups in total. The molecule has 2 heterocycles. The number of hydrogen-bond acceptors (Lipinski definition) is 5. The van der Waals surface area contributed by atoms with Crippen molar-refractivity contribution >= 4 is 10.0 Å². The van der Waals surface area contributed by atoms with E-state index in [9.17, 15) is 8.42 Å². The molecule has 0 unspecified atom stereocenters. The maximum absolute atomic E-state index is 13.1. The standard InChI is InChI=1S/C16H21N5O2S/c22-24(23,21-11-3-5-13-4-1-2-6-16(13)21)15-9-7-14(8-10-15)20-12-17-18-19-20/h7-10,12-13,16H,1-6,11H2/t13-,16+/m0/s1. The summed E-state index contributed by atoms with van der Waals surface area (Å²) in [5.74, 6) is 0.530. The van der Waals surface area contributed by atoms with Crippen molar-refractivity contribution in [3.05, 3.63) is 30.6 Å². The Morgan fingerprint density at radius 1 is 1.00 bits per heavy atom. The van der Waals surface area contributed by atoms with E-state index < -0.39 is 10.0 Å². The summed E-state index contributed by atoms with van der Waals surface area (Å²) in [6.45, 7) is 0.637. The summed E-state index contributed by atoms with van der Waals surface area (Å²) < 4.78 is 29.5. The lowest BCUT2D eigenvalue weighted by molar-refractivity contribution is 0.129. The minimum Gasteiger partial charge on any atom is -0.207 e. The van der Waals surface area contributed by atoms with Crippen molar-refractivity contribution in [3.8, 4) is 5.69 Å². The summed E-state index contributed by atoms with van der Waals surface area (Å²) in [4.78, 5) is 0.352. The van der Waals surface area contributed by atoms with Gasteiger partial charge in [0.2, 0.25) is 10.0 Å². The smallest absolute Gasteiger partial charge is 0.207 e. The monoisotopic (exact) mass is 347 g/mol. The molecule has 2 atom stereocenters. The molecular formula is C16H21N5O2S. The number of fused-ring (bicyclic) bond motifs is 1. The van der Waals surface area contributed by atoms with Crippen LogP contribution in [0.3, 0.4) is 0 Å². The van der Waals surface area contributed by atoms with E-state index in [2.05, 4.69) is 15.5 Å². The molecule has 2 aliphatic rings. The van der Waals surface area contributed by atoms with Gasteiger partial charge in [0.1, 0.15) is 6.33 Å². The second-order valence-electron chi connectivity index (χ2n) is 6.62. The Kier molecular flexibility index (Phi) is 4.09. The summed E-state index contributed by atoms with van der Waals surface area (Å²) in [6.07, 6.45) is 8.13. The van der Waals surface area contributed by atoms with Gasteiger partial charge in [-0.2, -0.15) is 4.31 Å². The van der Waals surface area contributed by atoms with E-state index in [4.69, 9.17) is 0 Å². The van der Waals surface area contributed by atoms with Crippen LogP contribution < -0.4 is 0 Å². The van der Waals surface area contributed by atoms with Gasteiger partial charge in [0.05, 0.1) is 10.6 Å². The van der Waals surface area contributed by atoms with Crippen LogP contribution in [0.15, 0.2) is 35.5 Å². The van der Waals surface area contributed by atoms with Gasteiger partial charge in [-0.3, -0.25) is 0 Å². The number of hydrogen-bond donors (Lipinski definition) is 0. The third-order valence-corrected chi connectivity index (χ3v) is 7.19. The molecule has 8 heteroatoms. The van der Waals surface area contributed by atoms with Gasteiger partial charge in [0.15, 0.2) is 0 Å². The molecule has 1 saturated carbocycles. The SMILES string of the molecule is O=S(=O)(c1ccc(-n2cnnn2)cc1)N1CCC[C@@H]2CCCC[C@H]21. The van der Waals surface area contributed by atoms with E-state index in [-0.39, 0.29) is 6.04 Å². The lowest BCUT2D eigenvalue weighted by Crippen LogP contribution is -2.49. The van der Waals surface area contributed by atoms with Crippen LogP contribution in [0.25, 0.3) is 5.69 Å². The first-order chi connectivity index (χ1) is 11.7. The second kappa shape index (κ2) is 6.25. The van der Waals surface area contributed by atoms with Crippen molar-refractivity contribution in [1.82, 2.24) is 24.5 Å². The van der Waals surface area contributed by atoms with E-state index in [1.165, 1.54) is 17.4 Å². The number of rotatable bonds is 3. The summed E-state index contributed by atoms with van der Waals surface area (Å²) in [6, 6.07) is 6.96. The summed E-state index contributed by atoms with van der Waals surface area (Å²) >= 11 is 0. The van der Waals surface area contributed by atoms with Gasteiger partial charge in [0, 0.05) is 12.6 Å². The quantitative estimate of drug-likeness (QED) is 0.848. The average molecular weight is 347 g/mol. The zero-order valence-corrected chi connectivity index (χ0v) is 14.3. The fraction of sp³-hybridized carbons (Fsp3) is 0.562. The predicted octanol–water partition coefficient (Wildman–Crippen LogP) is 2.01. The number of piperidine rings is 1. The first kappa shape index (κ1) is 15.7. The van der Waals surface area contributed by atoms with Crippen molar-refractivity contribution in [2.24, 2.45) is 5.92 Å². The number of benzene rings is 1. The highest BCUT2D eigenvalue weighted by atomic mass is 32.2. The highest BCUT2D eigenvalue weighted by Gasteiger charge is 2.39. The molecule has 24 heavy (non-hydrogen) atoms. The molecule has 128 valence electrons. The lowest BCUT2D eigenvalue weighted by atomic mass is 9.79. The van der Waals surface area contributed by atoms with E-state index in [0.29, 0.717) is 17.4 Å². The van der Waals surface area contributed by atoms with Crippen LogP contribution in [0.2, 0.25) is 0 Å². The molecule has 0 radical (unpaired) electrons. The van der Waals surface area contributed by atoms with Crippen molar-refractivity contribution in [1.29, 1.82) is 0 Å². The van der Waals surface area contributed by atoms with Gasteiger partial charge in [-0.15, -0.1) is 5.10 Å². The fourth-order valence-electron chi connectivity index (χ4n) is 4.06. The van der Waals surface area contributed by atoms with E-state index >= 15 is 0 Å². The first-order valence-corrected chi connectivity index (χ1v) is 9.95. The lowest BCUT2D eigenvalue weighted by Gasteiger charge is -2.43. The Morgan fingerprint density at radius 2 is 1.75 bits per heavy atom. The van der Waals surface area contributed by atoms with E-state index in [1.807, 2.05) is 0 Å². The first-order valence-electron chi connectivity index (χ1n) is 8.51. The third kappa shape index (κ3) is 2.73. The van der Waals surface area contributed by atoms with Crippen LogP contribution in [0.1, 0.15) is 38.5 Å². The molecule has 1 aliphatic carbocycles. The van der Waals surface area contributed by atoms with Crippen LogP contribution in [-0.4, -0.2) is 45.5 Å². The van der Waals surface area contributed by atoms with Gasteiger partial charge < -0.3 is 0 Å². The molecule has 1 saturated heterocycles. The number of tetrazole rings is 1. The normalized spacial score (nSPS) is 25.3. The van der Waals surface area contributed by atoms with Gasteiger partial charge >= 0.3 is 0 Å². The van der Waals surface area contributed by atoms with Gasteiger partial charge in [0.25, 0.3) is 0 Å². The van der Waals surface area contributed by atoms with Crippen LogP contribution in [0.5, 0.6) is 0 Å². The van der Waals surface area contributed by atoms with Crippen molar-refractivity contribution < 1.29 is 8.42 Å². The maximum Gasteiger partial charge on any atom is 0.243 e. The zero-order chi connectivity index (χ0) is 16.6. The van der Waals surface area contributed by atoms with Crippen LogP contribution in [0.4, 0.5) is 0 Å². The predicted molar refractivity (Wildman–Crippen MR) is 88.0 cm³/mol. The Labute approximate surface area is 141 Å². The van der Waals surface area contributed by atoms with E-state index in [1.54, 1.807) is 28.6 Å². The molecule has 0 spiro atoms. The zero-order valence-electron chi connectivity index (χ0n) is 13.5. The third-order valence-electron chi connectivity index (χ3n) is 5.25. The Morgan fingerprint density at radius 3 is 2.50 bits per heavy atom. The highest BCUT2D eigenvalue weighted by molar-refractivity contribution is 7.89. The number of sulfonamides is 1. The van der Waals surface area contributed by atoms with Crippen LogP contribution in [0, 0.1) is 5.92 Å². The largest absolute Gasteiger partial charge is 0.243 e. The molecule has 2 aromatic rings. The minimum absolute atomic E-state index is 0.177. The Bertz CT molecular complexity index is 786. The summed E-state index contributed by atoms with van der Waals surface area (Å²) in [7, 11) is -3.45. The number of aromatic nitrogens is 4. The van der Waals surface area contributed by atoms with Gasteiger partial charge in [-0.25, -0.2) is 13.1 Å². The molecule has 1 aromatic heterocycles. The maximum atomic E-state index is 13.1. The van der Waals surface area contributed by atoms with E-state index in [0.717, 1.165) is 37.8 Å². The average Bonchev–Trinajstić information content (AvgIpc) is 3.16. The van der Waals surface area contributed by atoms with Gasteiger partial charge in [-0.1, -0.05) is 12.8 Å². The summed E-state index contributed by atoms with van der Waals surface area (Å²) in [5.41, 5.74) is 0.744. The Balaban J connectivity index is 1.62. The topological polar surface area (TPSA) is 81.0 Å². The molecule has 1 aliphatic heterocycles. The van der Waals surface area contributed by atoms with Crippen LogP contribution >= 0.6 is 0 Å². The molecule has 4 rings (SSSR count). The molecule has 0 bridgehead atoms. The van der Waals surface area contributed by atoms with Crippen molar-refractivity contribution in [2.75, 3.05) is 6.54 Å². The molecule has 0 amide bonds. The second-order valence-corrected chi connectivity index (χ2v) is 8.51. The van der Waals surface area contributed by atoms with Crippen molar-refractivity contribution in [3.63, 3.8) is 0 Å². The molecule has 1 aromatic carbocycles. The summed E-state index contributed by atoms with van der Waals surface area (Å²) in [5, 5.41) is 11.0. The Hall–Kier alpha value is -1.80. The molecular weight excluding hydrogens is 326 g/mol. The fourth-order valence-corrected chi connectivity index (χ4v) is 5.82. The molecule has 7 nitrogen and oxygen atoms in total. The highest BCUT2D eigenvalue weighted by Crippen LogP contribution is 2.38. The van der Waals surface area contributed by atoms with Crippen molar-refractivity contribution in [2.45, 2.75) is 49.5 Å². The van der Waals surface area contributed by atoms with Crippen LogP contribution in [-0.2, 0) is 10.0 Å². The number of nitrogens with zero attached hydrogens (tertiary/aromatic N) is 5. The minimum atomic E-state index is -3.45. The van der Waals surface area contributed by atoms with Gasteiger partial charge in [-0.05, 0) is 66.3 Å². The molecule has 2 fully saturated rings.